The Morgan fingerprint density at radius 2 is 1.88 bits per heavy atom. The van der Waals surface area contributed by atoms with E-state index >= 15 is 0 Å². The highest BCUT2D eigenvalue weighted by Crippen LogP contribution is 2.27. The molecule has 1 aromatic rings. The van der Waals surface area contributed by atoms with Crippen molar-refractivity contribution in [3.05, 3.63) is 18.2 Å². The zero-order valence-electron chi connectivity index (χ0n) is 13.0. The van der Waals surface area contributed by atoms with Crippen molar-refractivity contribution in [2.75, 3.05) is 30.7 Å². The second-order valence-corrected chi connectivity index (χ2v) is 8.50. The molecule has 0 aliphatic carbocycles. The maximum atomic E-state index is 13.2. The Morgan fingerprint density at radius 3 is 2.38 bits per heavy atom. The van der Waals surface area contributed by atoms with Crippen molar-refractivity contribution < 1.29 is 30.4 Å². The largest absolute Gasteiger partial charge is 0.497 e. The molecular weight excluding hydrogens is 368 g/mol. The summed E-state index contributed by atoms with van der Waals surface area (Å²) in [6.07, 6.45) is 0. The van der Waals surface area contributed by atoms with Gasteiger partial charge in [-0.15, -0.1) is 0 Å². The van der Waals surface area contributed by atoms with E-state index in [-0.39, 0.29) is 17.2 Å². The van der Waals surface area contributed by atoms with Crippen LogP contribution >= 0.6 is 0 Å². The van der Waals surface area contributed by atoms with Gasteiger partial charge < -0.3 is 10.5 Å². The molecule has 0 fully saturated rings. The van der Waals surface area contributed by atoms with Crippen LogP contribution in [0, 0.1) is 0 Å². The minimum absolute atomic E-state index is 0.190. The summed E-state index contributed by atoms with van der Waals surface area (Å²) in [6, 6.07) is 3.46. The van der Waals surface area contributed by atoms with Gasteiger partial charge >= 0.3 is 0 Å². The lowest BCUT2D eigenvalue weighted by molar-refractivity contribution is 0.0170. The Balaban J connectivity index is 3.26. The number of anilines is 1. The molecule has 0 unspecified atom stereocenters. The highest BCUT2D eigenvalue weighted by atomic mass is 32.2. The van der Waals surface area contributed by atoms with Crippen LogP contribution in [0.5, 0.6) is 5.75 Å². The maximum absolute atomic E-state index is 13.2. The first-order chi connectivity index (χ1) is 11.0. The van der Waals surface area contributed by atoms with Gasteiger partial charge in [0.25, 0.3) is 5.92 Å². The van der Waals surface area contributed by atoms with E-state index in [0.717, 1.165) is 12.1 Å². The minimum Gasteiger partial charge on any atom is -0.497 e. The normalized spacial score (nSPS) is 12.9. The van der Waals surface area contributed by atoms with E-state index in [1.165, 1.54) is 20.1 Å². The molecule has 1 aromatic carbocycles. The molecule has 0 saturated heterocycles. The molecule has 0 radical (unpaired) electrons. The highest BCUT2D eigenvalue weighted by molar-refractivity contribution is 7.93. The van der Waals surface area contributed by atoms with Crippen molar-refractivity contribution in [3.8, 4) is 5.75 Å². The maximum Gasteiger partial charge on any atom is 0.273 e. The van der Waals surface area contributed by atoms with Crippen LogP contribution in [0.3, 0.4) is 0 Å². The van der Waals surface area contributed by atoms with Gasteiger partial charge in [-0.25, -0.2) is 30.3 Å². The number of nitrogens with one attached hydrogen (secondary N) is 2. The van der Waals surface area contributed by atoms with Crippen molar-refractivity contribution in [2.24, 2.45) is 5.73 Å². The van der Waals surface area contributed by atoms with Crippen LogP contribution in [0.4, 0.5) is 14.5 Å². The topological polar surface area (TPSA) is 128 Å². The Bertz CT molecular complexity index is 782. The number of nitrogens with two attached hydrogens (primary N) is 1. The molecule has 1 rings (SSSR count). The molecule has 0 bridgehead atoms. The van der Waals surface area contributed by atoms with Crippen molar-refractivity contribution in [1.82, 2.24) is 4.72 Å². The smallest absolute Gasteiger partial charge is 0.273 e. The summed E-state index contributed by atoms with van der Waals surface area (Å²) >= 11 is 0. The number of hydrogen-bond donors (Lipinski definition) is 3. The van der Waals surface area contributed by atoms with Gasteiger partial charge in [-0.1, -0.05) is 0 Å². The molecule has 0 aliphatic heterocycles. The molecule has 4 N–H and O–H groups in total. The summed E-state index contributed by atoms with van der Waals surface area (Å²) in [6.45, 7) is -0.887. The van der Waals surface area contributed by atoms with Crippen LogP contribution in [0.15, 0.2) is 23.1 Å². The van der Waals surface area contributed by atoms with Crippen molar-refractivity contribution >= 4 is 25.7 Å². The average Bonchev–Trinajstić information content (AvgIpc) is 2.52. The number of alkyl halides is 2. The molecular formula is C12H19F2N3O5S2. The van der Waals surface area contributed by atoms with Crippen LogP contribution < -0.4 is 19.9 Å². The third kappa shape index (κ3) is 5.54. The summed E-state index contributed by atoms with van der Waals surface area (Å²) in [4.78, 5) is -0.506. The van der Waals surface area contributed by atoms with Gasteiger partial charge in [-0.05, 0) is 19.1 Å². The van der Waals surface area contributed by atoms with Crippen LogP contribution in [0.2, 0.25) is 0 Å². The molecule has 0 heterocycles. The zero-order chi connectivity index (χ0) is 18.6. The lowest BCUT2D eigenvalue weighted by Gasteiger charge is -2.17. The molecule has 0 spiro atoms. The quantitative estimate of drug-likeness (QED) is 0.560. The van der Waals surface area contributed by atoms with Crippen LogP contribution in [-0.4, -0.2) is 48.7 Å². The van der Waals surface area contributed by atoms with Gasteiger partial charge in [0, 0.05) is 6.07 Å². The molecule has 0 atom stereocenters. The molecule has 12 heteroatoms. The van der Waals surface area contributed by atoms with Gasteiger partial charge in [0.1, 0.15) is 10.6 Å². The number of ether oxygens (including phenoxy) is 1. The van der Waals surface area contributed by atoms with Crippen LogP contribution in [0.25, 0.3) is 0 Å². The molecule has 0 aliphatic rings. The zero-order valence-corrected chi connectivity index (χ0v) is 14.7. The van der Waals surface area contributed by atoms with Crippen molar-refractivity contribution in [3.63, 3.8) is 0 Å². The predicted molar refractivity (Wildman–Crippen MR) is 85.3 cm³/mol. The Morgan fingerprint density at radius 1 is 1.25 bits per heavy atom. The first-order valence-electron chi connectivity index (χ1n) is 6.72. The molecule has 24 heavy (non-hydrogen) atoms. The second-order valence-electron chi connectivity index (χ2n) is 4.75. The first-order valence-corrected chi connectivity index (χ1v) is 9.86. The fraction of sp³-hybridized carbons (Fsp3) is 0.500. The minimum atomic E-state index is -4.41. The predicted octanol–water partition coefficient (Wildman–Crippen LogP) is 0.329. The van der Waals surface area contributed by atoms with Crippen molar-refractivity contribution in [2.45, 2.75) is 17.7 Å². The SMILES string of the molecule is CCS(=O)(=O)Nc1cc(OC)ccc1S(=O)(=O)NCC(F)(F)CN. The number of rotatable bonds is 9. The summed E-state index contributed by atoms with van der Waals surface area (Å²) in [5, 5.41) is 0. The monoisotopic (exact) mass is 387 g/mol. The van der Waals surface area contributed by atoms with E-state index in [1.807, 2.05) is 0 Å². The number of benzene rings is 1. The van der Waals surface area contributed by atoms with E-state index < -0.39 is 44.0 Å². The number of halogens is 2. The summed E-state index contributed by atoms with van der Waals surface area (Å²) < 4.78 is 82.9. The lowest BCUT2D eigenvalue weighted by Crippen LogP contribution is -2.41. The van der Waals surface area contributed by atoms with Crippen molar-refractivity contribution in [1.29, 1.82) is 0 Å². The van der Waals surface area contributed by atoms with E-state index in [2.05, 4.69) is 4.72 Å². The lowest BCUT2D eigenvalue weighted by atomic mass is 10.3. The highest BCUT2D eigenvalue weighted by Gasteiger charge is 2.30. The Labute approximate surface area is 139 Å². The standard InChI is InChI=1S/C12H19F2N3O5S2/c1-3-23(18,19)17-10-6-9(22-2)4-5-11(10)24(20,21)16-8-12(13,14)7-15/h4-6,16-17H,3,7-8,15H2,1-2H3. The third-order valence-corrected chi connectivity index (χ3v) is 5.69. The van der Waals surface area contributed by atoms with E-state index in [0.29, 0.717) is 0 Å². The van der Waals surface area contributed by atoms with Crippen LogP contribution in [-0.2, 0) is 20.0 Å². The van der Waals surface area contributed by atoms with E-state index in [4.69, 9.17) is 10.5 Å². The molecule has 8 nitrogen and oxygen atoms in total. The number of sulfonamides is 2. The Hall–Kier alpha value is -1.50. The third-order valence-electron chi connectivity index (χ3n) is 2.94. The second kappa shape index (κ2) is 7.59. The molecule has 0 saturated carbocycles. The van der Waals surface area contributed by atoms with Gasteiger partial charge in [0.2, 0.25) is 20.0 Å². The Kier molecular flexibility index (Phi) is 6.50. The van der Waals surface area contributed by atoms with Gasteiger partial charge in [0.05, 0.1) is 31.6 Å². The summed E-state index contributed by atoms with van der Waals surface area (Å²) in [7, 11) is -6.89. The molecule has 138 valence electrons. The van der Waals surface area contributed by atoms with E-state index in [1.54, 1.807) is 4.72 Å². The van der Waals surface area contributed by atoms with Crippen LogP contribution in [0.1, 0.15) is 6.92 Å². The van der Waals surface area contributed by atoms with Gasteiger partial charge in [-0.3, -0.25) is 4.72 Å². The van der Waals surface area contributed by atoms with Gasteiger partial charge in [0.15, 0.2) is 0 Å². The van der Waals surface area contributed by atoms with Gasteiger partial charge in [-0.2, -0.15) is 0 Å². The first kappa shape index (κ1) is 20.5. The number of methoxy groups -OCH3 is 1. The fourth-order valence-corrected chi connectivity index (χ4v) is 3.46. The number of hydrogen-bond acceptors (Lipinski definition) is 6. The molecule has 0 amide bonds. The summed E-state index contributed by atoms with van der Waals surface area (Å²) in [5.41, 5.74) is 4.54. The summed E-state index contributed by atoms with van der Waals surface area (Å²) in [5.74, 6) is -3.54. The fourth-order valence-electron chi connectivity index (χ4n) is 1.54. The average molecular weight is 387 g/mol. The van der Waals surface area contributed by atoms with E-state index in [9.17, 15) is 25.6 Å². The molecule has 0 aromatic heterocycles.